The molecule has 10 nitrogen and oxygen atoms in total. The van der Waals surface area contributed by atoms with Crippen molar-refractivity contribution in [1.82, 2.24) is 10.3 Å². The van der Waals surface area contributed by atoms with E-state index < -0.39 is 59.2 Å². The minimum Gasteiger partial charge on any atom is -0.464 e. The van der Waals surface area contributed by atoms with Gasteiger partial charge in [-0.25, -0.2) is 29.0 Å². The molecule has 1 amide bonds. The van der Waals surface area contributed by atoms with E-state index in [1.807, 2.05) is 0 Å². The highest BCUT2D eigenvalue weighted by molar-refractivity contribution is 9.10. The Morgan fingerprint density at radius 3 is 2.22 bits per heavy atom. The smallest absolute Gasteiger partial charge is 0.408 e. The number of nitrogens with zero attached hydrogens (tertiary/aromatic N) is 1. The summed E-state index contributed by atoms with van der Waals surface area (Å²) >= 11 is 3.05. The Kier molecular flexibility index (Phi) is 9.39. The molecule has 13 heteroatoms. The Morgan fingerprint density at radius 2 is 1.72 bits per heavy atom. The van der Waals surface area contributed by atoms with Crippen molar-refractivity contribution in [2.24, 2.45) is 11.6 Å². The SMILES string of the molecule is COC(=O)/C(N)=C(\C(=O)OC)N(N)CC(NC(=O)OC(C)(C)C)c1cc(Br)cc(F)c1F. The summed E-state index contributed by atoms with van der Waals surface area (Å²) < 4.78 is 43.0. The normalized spacial score (nSPS) is 12.9. The molecule has 32 heavy (non-hydrogen) atoms. The monoisotopic (exact) mass is 522 g/mol. The molecule has 1 atom stereocenters. The molecule has 1 unspecified atom stereocenters. The highest BCUT2D eigenvalue weighted by Crippen LogP contribution is 2.26. The molecule has 1 aromatic carbocycles. The summed E-state index contributed by atoms with van der Waals surface area (Å²) in [5, 5.41) is 3.02. The Labute approximate surface area is 191 Å². The van der Waals surface area contributed by atoms with Gasteiger partial charge in [0.1, 0.15) is 5.60 Å². The van der Waals surface area contributed by atoms with E-state index in [9.17, 15) is 23.2 Å². The van der Waals surface area contributed by atoms with Crippen LogP contribution in [0.15, 0.2) is 28.0 Å². The third-order valence-electron chi connectivity index (χ3n) is 3.79. The Hall–Kier alpha value is -2.93. The topological polar surface area (TPSA) is 146 Å². The summed E-state index contributed by atoms with van der Waals surface area (Å²) in [5.74, 6) is 1.26. The van der Waals surface area contributed by atoms with Crippen molar-refractivity contribution in [3.05, 3.63) is 45.2 Å². The number of halogens is 3. The van der Waals surface area contributed by atoms with Gasteiger partial charge in [0, 0.05) is 10.0 Å². The first-order chi connectivity index (χ1) is 14.7. The maximum Gasteiger partial charge on any atom is 0.408 e. The van der Waals surface area contributed by atoms with Gasteiger partial charge in [-0.3, -0.25) is 0 Å². The van der Waals surface area contributed by atoms with Crippen LogP contribution in [-0.4, -0.2) is 49.4 Å². The van der Waals surface area contributed by atoms with Crippen LogP contribution < -0.4 is 16.9 Å². The fourth-order valence-corrected chi connectivity index (χ4v) is 2.92. The van der Waals surface area contributed by atoms with E-state index in [-0.39, 0.29) is 10.0 Å². The van der Waals surface area contributed by atoms with Crippen LogP contribution in [0.4, 0.5) is 13.6 Å². The molecule has 1 rings (SSSR count). The van der Waals surface area contributed by atoms with Gasteiger partial charge in [0.25, 0.3) is 0 Å². The van der Waals surface area contributed by atoms with Gasteiger partial charge in [-0.2, -0.15) is 0 Å². The number of carbonyl (C=O) groups excluding carboxylic acids is 3. The van der Waals surface area contributed by atoms with Crippen molar-refractivity contribution in [1.29, 1.82) is 0 Å². The van der Waals surface area contributed by atoms with Crippen molar-refractivity contribution >= 4 is 34.0 Å². The van der Waals surface area contributed by atoms with Crippen LogP contribution in [0.3, 0.4) is 0 Å². The number of hydrogen-bond donors (Lipinski definition) is 3. The molecule has 0 aliphatic heterocycles. The van der Waals surface area contributed by atoms with Gasteiger partial charge in [-0.15, -0.1) is 0 Å². The van der Waals surface area contributed by atoms with Crippen LogP contribution in [0, 0.1) is 11.6 Å². The quantitative estimate of drug-likeness (QED) is 0.122. The summed E-state index contributed by atoms with van der Waals surface area (Å²) in [4.78, 5) is 36.3. The van der Waals surface area contributed by atoms with Crippen molar-refractivity contribution in [3.63, 3.8) is 0 Å². The second-order valence-electron chi connectivity index (χ2n) is 7.39. The standard InChI is InChI=1S/C19H25BrF2N4O6/c1-19(2,3)32-18(29)25-12(10-6-9(20)7-11(21)13(10)22)8-26(24)15(17(28)31-5)14(23)16(27)30-4/h6-7,12H,8,23-24H2,1-5H3,(H,25,29)/b15-14-. The molecule has 0 fully saturated rings. The Bertz CT molecular complexity index is 920. The molecular weight excluding hydrogens is 498 g/mol. The number of carbonyl (C=O) groups is 3. The number of ether oxygens (including phenoxy) is 3. The van der Waals surface area contributed by atoms with E-state index in [0.29, 0.717) is 5.01 Å². The number of nitrogens with two attached hydrogens (primary N) is 2. The summed E-state index contributed by atoms with van der Waals surface area (Å²) in [6.07, 6.45) is -0.972. The zero-order valence-corrected chi connectivity index (χ0v) is 19.7. The van der Waals surface area contributed by atoms with Crippen LogP contribution >= 0.6 is 15.9 Å². The van der Waals surface area contributed by atoms with Gasteiger partial charge >= 0.3 is 18.0 Å². The Balaban J connectivity index is 3.46. The van der Waals surface area contributed by atoms with Crippen LogP contribution in [0.25, 0.3) is 0 Å². The van der Waals surface area contributed by atoms with Crippen LogP contribution in [-0.2, 0) is 23.8 Å². The Morgan fingerprint density at radius 1 is 1.16 bits per heavy atom. The number of rotatable bonds is 7. The minimum absolute atomic E-state index is 0.170. The maximum absolute atomic E-state index is 14.6. The number of nitrogens with one attached hydrogen (secondary N) is 1. The number of hydrazine groups is 1. The first kappa shape index (κ1) is 27.1. The molecule has 0 bridgehead atoms. The predicted octanol–water partition coefficient (Wildman–Crippen LogP) is 1.99. The molecule has 0 aliphatic carbocycles. The van der Waals surface area contributed by atoms with Gasteiger partial charge in [0.15, 0.2) is 23.0 Å². The fourth-order valence-electron chi connectivity index (χ4n) is 2.47. The maximum atomic E-state index is 14.6. The first-order valence-electron chi connectivity index (χ1n) is 9.04. The largest absolute Gasteiger partial charge is 0.464 e. The van der Waals surface area contributed by atoms with Crippen molar-refractivity contribution in [2.75, 3.05) is 20.8 Å². The van der Waals surface area contributed by atoms with E-state index in [1.165, 1.54) is 6.07 Å². The van der Waals surface area contributed by atoms with Gasteiger partial charge in [0.05, 0.1) is 26.8 Å². The fraction of sp³-hybridized carbons (Fsp3) is 0.421. The average Bonchev–Trinajstić information content (AvgIpc) is 2.67. The first-order valence-corrected chi connectivity index (χ1v) is 9.83. The highest BCUT2D eigenvalue weighted by Gasteiger charge is 2.30. The molecule has 1 aromatic rings. The molecule has 0 saturated heterocycles. The molecule has 0 spiro atoms. The minimum atomic E-state index is -1.35. The van der Waals surface area contributed by atoms with E-state index in [1.54, 1.807) is 20.8 Å². The molecule has 0 saturated carbocycles. The second-order valence-corrected chi connectivity index (χ2v) is 8.30. The number of benzene rings is 1. The highest BCUT2D eigenvalue weighted by atomic mass is 79.9. The number of methoxy groups -OCH3 is 2. The zero-order valence-electron chi connectivity index (χ0n) is 18.1. The summed E-state index contributed by atoms with van der Waals surface area (Å²) in [6, 6.07) is 0.741. The van der Waals surface area contributed by atoms with E-state index in [2.05, 4.69) is 30.7 Å². The lowest BCUT2D eigenvalue weighted by Crippen LogP contribution is -2.45. The van der Waals surface area contributed by atoms with Crippen molar-refractivity contribution in [2.45, 2.75) is 32.4 Å². The van der Waals surface area contributed by atoms with Crippen molar-refractivity contribution in [3.8, 4) is 0 Å². The van der Waals surface area contributed by atoms with Gasteiger partial charge in [0.2, 0.25) is 0 Å². The number of hydrogen-bond acceptors (Lipinski definition) is 9. The average molecular weight is 523 g/mol. The molecule has 0 heterocycles. The number of alkyl carbamates (subject to hydrolysis) is 1. The lowest BCUT2D eigenvalue weighted by molar-refractivity contribution is -0.141. The molecule has 5 N–H and O–H groups in total. The molecular formula is C19H25BrF2N4O6. The summed E-state index contributed by atoms with van der Waals surface area (Å²) in [7, 11) is 2.04. The molecule has 178 valence electrons. The van der Waals surface area contributed by atoms with Gasteiger partial charge in [-0.1, -0.05) is 15.9 Å². The van der Waals surface area contributed by atoms with Gasteiger partial charge < -0.3 is 30.3 Å². The molecule has 0 aliphatic rings. The van der Waals surface area contributed by atoms with E-state index in [0.717, 1.165) is 20.3 Å². The predicted molar refractivity (Wildman–Crippen MR) is 112 cm³/mol. The summed E-state index contributed by atoms with van der Waals surface area (Å²) in [6.45, 7) is 4.26. The van der Waals surface area contributed by atoms with Crippen LogP contribution in [0.5, 0.6) is 0 Å². The van der Waals surface area contributed by atoms with Crippen molar-refractivity contribution < 1.29 is 37.4 Å². The van der Waals surface area contributed by atoms with Crippen LogP contribution in [0.1, 0.15) is 32.4 Å². The lowest BCUT2D eigenvalue weighted by Gasteiger charge is -2.29. The number of amides is 1. The van der Waals surface area contributed by atoms with Gasteiger partial charge in [-0.05, 0) is 32.9 Å². The molecule has 0 radical (unpaired) electrons. The van der Waals surface area contributed by atoms with Crippen LogP contribution in [0.2, 0.25) is 0 Å². The van der Waals surface area contributed by atoms with E-state index >= 15 is 0 Å². The third kappa shape index (κ3) is 7.34. The lowest BCUT2D eigenvalue weighted by atomic mass is 10.1. The molecule has 0 aromatic heterocycles. The number of esters is 2. The summed E-state index contributed by atoms with van der Waals surface area (Å²) in [5.41, 5.74) is 3.12. The third-order valence-corrected chi connectivity index (χ3v) is 4.25. The zero-order chi connectivity index (χ0) is 24.8. The second kappa shape index (κ2) is 11.1. The van der Waals surface area contributed by atoms with E-state index in [4.69, 9.17) is 16.3 Å².